The molecule has 0 radical (unpaired) electrons. The Bertz CT molecular complexity index is 1380. The Morgan fingerprint density at radius 2 is 1.76 bits per heavy atom. The molecule has 0 aromatic heterocycles. The largest absolute Gasteiger partial charge is 0.506 e. The number of amides is 3. The third-order valence-electron chi connectivity index (χ3n) is 5.63. The number of Topliss-reactive ketones (excluding diaryl/α,β-unsaturated/α-hetero) is 1. The molecule has 0 saturated carbocycles. The van der Waals surface area contributed by atoms with Gasteiger partial charge in [-0.15, -0.1) is 0 Å². The van der Waals surface area contributed by atoms with Crippen LogP contribution in [0.2, 0.25) is 0 Å². The number of ketones is 1. The summed E-state index contributed by atoms with van der Waals surface area (Å²) in [5, 5.41) is 15.4. The average Bonchev–Trinajstić information content (AvgIpc) is 3.08. The number of primary amides is 1. The van der Waals surface area contributed by atoms with Crippen LogP contribution in [0.4, 0.5) is 11.4 Å². The number of hydrogen-bond donors (Lipinski definition) is 5. The van der Waals surface area contributed by atoms with Crippen molar-refractivity contribution in [3.8, 4) is 5.75 Å². The van der Waals surface area contributed by atoms with Crippen LogP contribution in [0.25, 0.3) is 0 Å². The summed E-state index contributed by atoms with van der Waals surface area (Å²) < 4.78 is 0. The van der Waals surface area contributed by atoms with Crippen LogP contribution in [0.3, 0.4) is 0 Å². The van der Waals surface area contributed by atoms with Gasteiger partial charge in [-0.1, -0.05) is 18.2 Å². The minimum absolute atomic E-state index is 0.00986. The van der Waals surface area contributed by atoms with Gasteiger partial charge in [0, 0.05) is 18.5 Å². The van der Waals surface area contributed by atoms with Crippen molar-refractivity contribution in [2.45, 2.75) is 19.9 Å². The second kappa shape index (κ2) is 8.80. The number of phenols is 1. The van der Waals surface area contributed by atoms with E-state index >= 15 is 0 Å². The highest BCUT2D eigenvalue weighted by atomic mass is 16.3. The molecule has 9 nitrogen and oxygen atoms in total. The number of aromatic hydroxyl groups is 1. The second-order valence-corrected chi connectivity index (χ2v) is 8.00. The molecule has 4 rings (SSSR count). The summed E-state index contributed by atoms with van der Waals surface area (Å²) in [7, 11) is 0. The number of phenolic OH excluding ortho intramolecular Hbond substituents is 1. The predicted octanol–water partition coefficient (Wildman–Crippen LogP) is 2.31. The van der Waals surface area contributed by atoms with Crippen LogP contribution in [0.1, 0.15) is 58.1 Å². The van der Waals surface area contributed by atoms with Gasteiger partial charge < -0.3 is 21.9 Å². The van der Waals surface area contributed by atoms with E-state index in [-0.39, 0.29) is 41.0 Å². The molecule has 1 heterocycles. The number of carbonyl (C=O) groups is 4. The van der Waals surface area contributed by atoms with Crippen molar-refractivity contribution in [2.24, 2.45) is 11.5 Å². The van der Waals surface area contributed by atoms with Crippen LogP contribution in [-0.2, 0) is 13.0 Å². The van der Waals surface area contributed by atoms with Crippen molar-refractivity contribution in [3.63, 3.8) is 0 Å². The molecule has 7 N–H and O–H groups in total. The number of nitrogens with two attached hydrogens (primary N) is 2. The van der Waals surface area contributed by atoms with Gasteiger partial charge in [0.1, 0.15) is 5.75 Å². The standard InChI is InChI=1S/C25H22N4O5/c1-12-2-7-17(19(30)8-12)28-18-9-13(3-5-15(18)23(27)32)10-20(31)21-14(11-26)4-6-16-22(21)25(34)29-24(16)33/h2-9,28,30H,10-11,26H2,1H3,(H2,27,32)(H,29,33,34). The van der Waals surface area contributed by atoms with E-state index in [9.17, 15) is 24.3 Å². The third-order valence-corrected chi connectivity index (χ3v) is 5.63. The quantitative estimate of drug-likeness (QED) is 0.206. The monoisotopic (exact) mass is 458 g/mol. The fourth-order valence-corrected chi connectivity index (χ4v) is 3.98. The molecule has 9 heteroatoms. The highest BCUT2D eigenvalue weighted by Crippen LogP contribution is 2.31. The number of imide groups is 1. The molecule has 1 aliphatic heterocycles. The van der Waals surface area contributed by atoms with E-state index in [1.807, 2.05) is 6.92 Å². The lowest BCUT2D eigenvalue weighted by Crippen LogP contribution is -2.21. The molecular weight excluding hydrogens is 436 g/mol. The number of aryl methyl sites for hydroxylation is 1. The van der Waals surface area contributed by atoms with Crippen LogP contribution in [-0.4, -0.2) is 28.6 Å². The summed E-state index contributed by atoms with van der Waals surface area (Å²) in [4.78, 5) is 49.6. The van der Waals surface area contributed by atoms with Crippen molar-refractivity contribution in [1.82, 2.24) is 5.32 Å². The van der Waals surface area contributed by atoms with Crippen LogP contribution in [0.5, 0.6) is 5.75 Å². The summed E-state index contributed by atoms with van der Waals surface area (Å²) in [6, 6.07) is 12.7. The molecular formula is C25H22N4O5. The number of carbonyl (C=O) groups excluding carboxylic acids is 4. The SMILES string of the molecule is Cc1ccc(Nc2cc(CC(=O)c3c(CN)ccc4c3C(=O)NC4=O)ccc2C(N)=O)c(O)c1. The molecule has 34 heavy (non-hydrogen) atoms. The van der Waals surface area contributed by atoms with E-state index < -0.39 is 23.5 Å². The lowest BCUT2D eigenvalue weighted by atomic mass is 9.91. The summed E-state index contributed by atoms with van der Waals surface area (Å²) in [6.45, 7) is 1.84. The summed E-state index contributed by atoms with van der Waals surface area (Å²) in [5.74, 6) is -2.31. The Morgan fingerprint density at radius 3 is 2.44 bits per heavy atom. The Morgan fingerprint density at radius 1 is 1.00 bits per heavy atom. The molecule has 172 valence electrons. The smallest absolute Gasteiger partial charge is 0.259 e. The lowest BCUT2D eigenvalue weighted by molar-refractivity contribution is 0.0873. The minimum atomic E-state index is -0.687. The summed E-state index contributed by atoms with van der Waals surface area (Å²) >= 11 is 0. The molecule has 0 unspecified atom stereocenters. The lowest BCUT2D eigenvalue weighted by Gasteiger charge is -2.15. The molecule has 0 spiro atoms. The molecule has 0 atom stereocenters. The van der Waals surface area contributed by atoms with E-state index in [0.717, 1.165) is 5.56 Å². The zero-order valence-electron chi connectivity index (χ0n) is 18.3. The summed E-state index contributed by atoms with van der Waals surface area (Å²) in [5.41, 5.74) is 14.2. The number of benzene rings is 3. The molecule has 0 bridgehead atoms. The minimum Gasteiger partial charge on any atom is -0.506 e. The molecule has 3 aromatic rings. The number of fused-ring (bicyclic) bond motifs is 1. The van der Waals surface area contributed by atoms with Crippen molar-refractivity contribution in [2.75, 3.05) is 5.32 Å². The van der Waals surface area contributed by atoms with Gasteiger partial charge in [0.15, 0.2) is 5.78 Å². The van der Waals surface area contributed by atoms with Gasteiger partial charge in [-0.05, 0) is 53.9 Å². The molecule has 0 aliphatic carbocycles. The van der Waals surface area contributed by atoms with Crippen LogP contribution < -0.4 is 22.1 Å². The first-order chi connectivity index (χ1) is 16.2. The zero-order chi connectivity index (χ0) is 24.6. The third kappa shape index (κ3) is 4.12. The van der Waals surface area contributed by atoms with Crippen LogP contribution in [0, 0.1) is 6.92 Å². The number of rotatable bonds is 7. The van der Waals surface area contributed by atoms with Gasteiger partial charge in [-0.25, -0.2) is 0 Å². The van der Waals surface area contributed by atoms with Gasteiger partial charge in [-0.3, -0.25) is 24.5 Å². The molecule has 1 aliphatic rings. The van der Waals surface area contributed by atoms with Gasteiger partial charge in [0.25, 0.3) is 17.7 Å². The fraction of sp³-hybridized carbons (Fsp3) is 0.120. The highest BCUT2D eigenvalue weighted by molar-refractivity contribution is 6.25. The van der Waals surface area contributed by atoms with E-state index in [0.29, 0.717) is 22.5 Å². The van der Waals surface area contributed by atoms with Crippen molar-refractivity contribution >= 4 is 34.9 Å². The van der Waals surface area contributed by atoms with Crippen molar-refractivity contribution < 1.29 is 24.3 Å². The average molecular weight is 458 g/mol. The molecule has 0 saturated heterocycles. The van der Waals surface area contributed by atoms with Crippen molar-refractivity contribution in [1.29, 1.82) is 0 Å². The number of nitrogens with one attached hydrogen (secondary N) is 2. The van der Waals surface area contributed by atoms with Gasteiger partial charge in [0.05, 0.1) is 28.1 Å². The molecule has 3 amide bonds. The Kier molecular flexibility index (Phi) is 5.87. The molecule has 3 aromatic carbocycles. The first kappa shape index (κ1) is 22.7. The Labute approximate surface area is 194 Å². The maximum absolute atomic E-state index is 13.3. The summed E-state index contributed by atoms with van der Waals surface area (Å²) in [6.07, 6.45) is -0.126. The number of anilines is 2. The van der Waals surface area contributed by atoms with E-state index in [1.54, 1.807) is 36.4 Å². The predicted molar refractivity (Wildman–Crippen MR) is 125 cm³/mol. The van der Waals surface area contributed by atoms with Gasteiger partial charge >= 0.3 is 0 Å². The van der Waals surface area contributed by atoms with E-state index in [1.165, 1.54) is 12.1 Å². The maximum Gasteiger partial charge on any atom is 0.259 e. The Hall–Kier alpha value is -4.50. The zero-order valence-corrected chi connectivity index (χ0v) is 18.3. The van der Waals surface area contributed by atoms with Crippen LogP contribution in [0.15, 0.2) is 48.5 Å². The van der Waals surface area contributed by atoms with Crippen LogP contribution >= 0.6 is 0 Å². The molecule has 0 fully saturated rings. The normalized spacial score (nSPS) is 12.3. The highest BCUT2D eigenvalue weighted by Gasteiger charge is 2.33. The van der Waals surface area contributed by atoms with Gasteiger partial charge in [-0.2, -0.15) is 0 Å². The number of hydrogen-bond acceptors (Lipinski definition) is 7. The fourth-order valence-electron chi connectivity index (χ4n) is 3.98. The topological polar surface area (TPSA) is 165 Å². The van der Waals surface area contributed by atoms with E-state index in [4.69, 9.17) is 11.5 Å². The van der Waals surface area contributed by atoms with E-state index in [2.05, 4.69) is 10.6 Å². The maximum atomic E-state index is 13.3. The van der Waals surface area contributed by atoms with Crippen molar-refractivity contribution in [3.05, 3.63) is 87.5 Å². The first-order valence-electron chi connectivity index (χ1n) is 10.4. The first-order valence-corrected chi connectivity index (χ1v) is 10.4. The second-order valence-electron chi connectivity index (χ2n) is 8.00. The Balaban J connectivity index is 1.71. The van der Waals surface area contributed by atoms with Gasteiger partial charge in [0.2, 0.25) is 0 Å².